The second-order valence-electron chi connectivity index (χ2n) is 6.70. The summed E-state index contributed by atoms with van der Waals surface area (Å²) in [4.78, 5) is 17.0. The van der Waals surface area contributed by atoms with Crippen LogP contribution in [0, 0.1) is 5.92 Å². The molecule has 0 N–H and O–H groups in total. The molecular weight excluding hydrogens is 316 g/mol. The average molecular weight is 341 g/mol. The minimum absolute atomic E-state index is 0.211. The maximum Gasteiger partial charge on any atom is 0.223 e. The summed E-state index contributed by atoms with van der Waals surface area (Å²) >= 11 is 3.79. The number of hydrogen-bond acceptors (Lipinski definition) is 2. The average Bonchev–Trinajstić information content (AvgIpc) is 2.95. The molecule has 112 valence electrons. The van der Waals surface area contributed by atoms with Crippen LogP contribution in [0.5, 0.6) is 0 Å². The summed E-state index contributed by atoms with van der Waals surface area (Å²) in [5, 5.41) is 0. The smallest absolute Gasteiger partial charge is 0.223 e. The number of carbonyl (C=O) groups is 1. The number of likely N-dealkylation sites (tertiary alicyclic amines) is 1. The summed E-state index contributed by atoms with van der Waals surface area (Å²) in [6.07, 6.45) is 9.49. The van der Waals surface area contributed by atoms with Crippen LogP contribution in [0.25, 0.3) is 0 Å². The molecule has 3 nitrogen and oxygen atoms in total. The molecule has 1 saturated heterocycles. The molecule has 0 aromatic carbocycles. The summed E-state index contributed by atoms with van der Waals surface area (Å²) in [6, 6.07) is 1.12. The van der Waals surface area contributed by atoms with Crippen LogP contribution in [-0.4, -0.2) is 46.2 Å². The number of nitrogens with zero attached hydrogens (tertiary/aromatic N) is 2. The predicted octanol–water partition coefficient (Wildman–Crippen LogP) is 3.15. The number of hydrogen-bond donors (Lipinski definition) is 0. The molecule has 2 heterocycles. The second-order valence-corrected chi connectivity index (χ2v) is 7.99. The van der Waals surface area contributed by atoms with Gasteiger partial charge in [-0.05, 0) is 57.7 Å². The van der Waals surface area contributed by atoms with E-state index in [-0.39, 0.29) is 5.91 Å². The third-order valence-corrected chi connectivity index (χ3v) is 6.23. The highest BCUT2D eigenvalue weighted by Crippen LogP contribution is 2.43. The number of carbonyl (C=O) groups excluding carboxylic acids is 1. The Morgan fingerprint density at radius 2 is 2.20 bits per heavy atom. The Kier molecular flexibility index (Phi) is 4.23. The number of rotatable bonds is 2. The van der Waals surface area contributed by atoms with Crippen LogP contribution in [0.4, 0.5) is 0 Å². The minimum Gasteiger partial charge on any atom is -0.316 e. The van der Waals surface area contributed by atoms with Crippen LogP contribution in [0.3, 0.4) is 0 Å². The predicted molar refractivity (Wildman–Crippen MR) is 84.7 cm³/mol. The van der Waals surface area contributed by atoms with E-state index in [1.165, 1.54) is 37.8 Å². The number of fused-ring (bicyclic) bond motifs is 1. The minimum atomic E-state index is 0.211. The van der Waals surface area contributed by atoms with Gasteiger partial charge in [-0.2, -0.15) is 0 Å². The Morgan fingerprint density at radius 1 is 1.40 bits per heavy atom. The summed E-state index contributed by atoms with van der Waals surface area (Å²) in [5.41, 5.74) is 1.52. The van der Waals surface area contributed by atoms with E-state index in [1.807, 2.05) is 4.90 Å². The monoisotopic (exact) mass is 340 g/mol. The Bertz CT molecular complexity index is 423. The molecular formula is C16H25BrN2O. The van der Waals surface area contributed by atoms with Crippen molar-refractivity contribution in [2.45, 2.75) is 62.4 Å². The Hall–Kier alpha value is -0.350. The van der Waals surface area contributed by atoms with E-state index in [1.54, 1.807) is 6.92 Å². The van der Waals surface area contributed by atoms with Gasteiger partial charge in [-0.1, -0.05) is 15.9 Å². The first-order valence-corrected chi connectivity index (χ1v) is 8.81. The Labute approximate surface area is 130 Å². The molecule has 2 aliphatic heterocycles. The SMILES string of the molecule is CC(=O)N1C=C(C[C@H]2CCCN2C)C2CC(Br)CCC21. The van der Waals surface area contributed by atoms with Crippen LogP contribution in [-0.2, 0) is 4.79 Å². The summed E-state index contributed by atoms with van der Waals surface area (Å²) < 4.78 is 0. The zero-order valence-corrected chi connectivity index (χ0v) is 14.1. The van der Waals surface area contributed by atoms with Crippen molar-refractivity contribution >= 4 is 21.8 Å². The lowest BCUT2D eigenvalue weighted by Gasteiger charge is -2.35. The van der Waals surface area contributed by atoms with Gasteiger partial charge in [-0.25, -0.2) is 0 Å². The van der Waals surface area contributed by atoms with Gasteiger partial charge in [0.15, 0.2) is 0 Å². The maximum absolute atomic E-state index is 11.9. The van der Waals surface area contributed by atoms with Gasteiger partial charge < -0.3 is 9.80 Å². The second kappa shape index (κ2) is 5.80. The molecule has 1 aliphatic carbocycles. The van der Waals surface area contributed by atoms with E-state index in [0.29, 0.717) is 22.8 Å². The lowest BCUT2D eigenvalue weighted by atomic mass is 9.80. The third kappa shape index (κ3) is 2.69. The molecule has 0 aromatic heterocycles. The lowest BCUT2D eigenvalue weighted by Crippen LogP contribution is -2.39. The van der Waals surface area contributed by atoms with Gasteiger partial charge in [0.05, 0.1) is 0 Å². The first-order chi connectivity index (χ1) is 9.56. The van der Waals surface area contributed by atoms with E-state index in [9.17, 15) is 4.79 Å². The van der Waals surface area contributed by atoms with Gasteiger partial charge in [-0.15, -0.1) is 0 Å². The van der Waals surface area contributed by atoms with E-state index >= 15 is 0 Å². The molecule has 0 aromatic rings. The van der Waals surface area contributed by atoms with Gasteiger partial charge in [0.25, 0.3) is 0 Å². The first-order valence-electron chi connectivity index (χ1n) is 7.90. The van der Waals surface area contributed by atoms with Crippen LogP contribution in [0.15, 0.2) is 11.8 Å². The molecule has 4 heteroatoms. The fraction of sp³-hybridized carbons (Fsp3) is 0.812. The standard InChI is InChI=1S/C16H25BrN2O/c1-11(20)19-10-12(8-14-4-3-7-18(14)2)15-9-13(17)5-6-16(15)19/h10,13-16H,3-9H2,1-2H3/t13?,14-,15?,16?/m1/s1. The molecule has 3 rings (SSSR count). The van der Waals surface area contributed by atoms with Gasteiger partial charge in [0.1, 0.15) is 0 Å². The summed E-state index contributed by atoms with van der Waals surface area (Å²) in [6.45, 7) is 2.93. The van der Waals surface area contributed by atoms with Crippen molar-refractivity contribution in [2.24, 2.45) is 5.92 Å². The van der Waals surface area contributed by atoms with Crippen LogP contribution in [0.1, 0.15) is 45.4 Å². The molecule has 0 radical (unpaired) electrons. The van der Waals surface area contributed by atoms with Crippen LogP contribution < -0.4 is 0 Å². The van der Waals surface area contributed by atoms with E-state index < -0.39 is 0 Å². The highest BCUT2D eigenvalue weighted by Gasteiger charge is 2.41. The van der Waals surface area contributed by atoms with E-state index in [0.717, 1.165) is 12.8 Å². The Balaban J connectivity index is 1.76. The molecule has 2 fully saturated rings. The normalized spacial score (nSPS) is 38.0. The highest BCUT2D eigenvalue weighted by atomic mass is 79.9. The maximum atomic E-state index is 11.9. The molecule has 1 amide bonds. The fourth-order valence-corrected chi connectivity index (χ4v) is 4.91. The molecule has 20 heavy (non-hydrogen) atoms. The number of halogens is 1. The van der Waals surface area contributed by atoms with Crippen LogP contribution >= 0.6 is 15.9 Å². The van der Waals surface area contributed by atoms with Crippen molar-refractivity contribution in [2.75, 3.05) is 13.6 Å². The molecule has 1 saturated carbocycles. The van der Waals surface area contributed by atoms with Crippen molar-refractivity contribution in [1.29, 1.82) is 0 Å². The number of alkyl halides is 1. The fourth-order valence-electron chi connectivity index (χ4n) is 4.24. The zero-order chi connectivity index (χ0) is 14.3. The topological polar surface area (TPSA) is 23.6 Å². The van der Waals surface area contributed by atoms with Crippen molar-refractivity contribution in [1.82, 2.24) is 9.80 Å². The van der Waals surface area contributed by atoms with Gasteiger partial charge in [0.2, 0.25) is 5.91 Å². The largest absolute Gasteiger partial charge is 0.316 e. The molecule has 0 bridgehead atoms. The van der Waals surface area contributed by atoms with Crippen molar-refractivity contribution < 1.29 is 4.79 Å². The van der Waals surface area contributed by atoms with E-state index in [2.05, 4.69) is 34.1 Å². The van der Waals surface area contributed by atoms with Gasteiger partial charge in [-0.3, -0.25) is 4.79 Å². The van der Waals surface area contributed by atoms with Gasteiger partial charge in [0, 0.05) is 36.0 Å². The molecule has 3 unspecified atom stereocenters. The molecule has 3 aliphatic rings. The van der Waals surface area contributed by atoms with Gasteiger partial charge >= 0.3 is 0 Å². The molecule has 0 spiro atoms. The summed E-state index contributed by atoms with van der Waals surface area (Å²) in [7, 11) is 2.24. The summed E-state index contributed by atoms with van der Waals surface area (Å²) in [5.74, 6) is 0.800. The van der Waals surface area contributed by atoms with Crippen molar-refractivity contribution in [3.8, 4) is 0 Å². The quantitative estimate of drug-likeness (QED) is 0.721. The molecule has 4 atom stereocenters. The Morgan fingerprint density at radius 3 is 2.85 bits per heavy atom. The van der Waals surface area contributed by atoms with Crippen molar-refractivity contribution in [3.63, 3.8) is 0 Å². The highest BCUT2D eigenvalue weighted by molar-refractivity contribution is 9.09. The third-order valence-electron chi connectivity index (χ3n) is 5.39. The van der Waals surface area contributed by atoms with E-state index in [4.69, 9.17) is 0 Å². The number of amides is 1. The van der Waals surface area contributed by atoms with Crippen LogP contribution in [0.2, 0.25) is 0 Å². The zero-order valence-electron chi connectivity index (χ0n) is 12.5. The first kappa shape index (κ1) is 14.6. The van der Waals surface area contributed by atoms with Crippen molar-refractivity contribution in [3.05, 3.63) is 11.8 Å². The lowest BCUT2D eigenvalue weighted by molar-refractivity contribution is -0.128.